The minimum absolute atomic E-state index is 0.378. The monoisotopic (exact) mass is 151 g/mol. The van der Waals surface area contributed by atoms with Gasteiger partial charge >= 0.3 is 0 Å². The number of anilines is 2. The standard InChI is InChI=1S/C7H9N3O/c1-9-7-2-5(4-11)10-3-6(7)8/h2-4H,8H2,1H3,(H,9,10). The molecule has 0 aromatic carbocycles. The van der Waals surface area contributed by atoms with Crippen molar-refractivity contribution in [3.05, 3.63) is 18.0 Å². The van der Waals surface area contributed by atoms with Crippen molar-refractivity contribution in [3.63, 3.8) is 0 Å². The first-order valence-corrected chi connectivity index (χ1v) is 3.16. The van der Waals surface area contributed by atoms with Gasteiger partial charge < -0.3 is 11.1 Å². The van der Waals surface area contributed by atoms with E-state index in [9.17, 15) is 4.79 Å². The molecule has 58 valence electrons. The average Bonchev–Trinajstić information content (AvgIpc) is 2.05. The number of nitrogens with two attached hydrogens (primary N) is 1. The van der Waals surface area contributed by atoms with Gasteiger partial charge in [0.15, 0.2) is 6.29 Å². The minimum atomic E-state index is 0.378. The Kier molecular flexibility index (Phi) is 2.06. The zero-order valence-corrected chi connectivity index (χ0v) is 6.16. The molecule has 1 heterocycles. The predicted molar refractivity (Wildman–Crippen MR) is 43.6 cm³/mol. The number of nitrogens with one attached hydrogen (secondary N) is 1. The number of nitrogens with zero attached hydrogens (tertiary/aromatic N) is 1. The first-order chi connectivity index (χ1) is 5.27. The van der Waals surface area contributed by atoms with Gasteiger partial charge in [-0.2, -0.15) is 0 Å². The maximum absolute atomic E-state index is 10.3. The summed E-state index contributed by atoms with van der Waals surface area (Å²) in [5, 5.41) is 2.85. The second-order valence-electron chi connectivity index (χ2n) is 2.06. The van der Waals surface area contributed by atoms with Crippen LogP contribution in [-0.4, -0.2) is 18.3 Å². The molecular weight excluding hydrogens is 142 g/mol. The molecule has 0 saturated heterocycles. The van der Waals surface area contributed by atoms with Gasteiger partial charge in [-0.05, 0) is 6.07 Å². The lowest BCUT2D eigenvalue weighted by Gasteiger charge is -2.02. The Morgan fingerprint density at radius 2 is 2.45 bits per heavy atom. The number of carbonyl (C=O) groups is 1. The van der Waals surface area contributed by atoms with Crippen molar-refractivity contribution in [1.29, 1.82) is 0 Å². The Labute approximate surface area is 64.4 Å². The zero-order chi connectivity index (χ0) is 8.27. The fourth-order valence-electron chi connectivity index (χ4n) is 0.763. The highest BCUT2D eigenvalue weighted by molar-refractivity contribution is 5.77. The predicted octanol–water partition coefficient (Wildman–Crippen LogP) is 0.518. The van der Waals surface area contributed by atoms with E-state index in [0.717, 1.165) is 5.69 Å². The van der Waals surface area contributed by atoms with Gasteiger partial charge in [-0.25, -0.2) is 0 Å². The number of hydrogen-bond donors (Lipinski definition) is 2. The Morgan fingerprint density at radius 3 is 3.00 bits per heavy atom. The number of pyridine rings is 1. The van der Waals surface area contributed by atoms with Gasteiger partial charge in [0.25, 0.3) is 0 Å². The smallest absolute Gasteiger partial charge is 0.168 e. The first kappa shape index (κ1) is 7.53. The van der Waals surface area contributed by atoms with Gasteiger partial charge in [0.2, 0.25) is 0 Å². The summed E-state index contributed by atoms with van der Waals surface area (Å²) in [7, 11) is 1.74. The van der Waals surface area contributed by atoms with E-state index >= 15 is 0 Å². The van der Waals surface area contributed by atoms with Gasteiger partial charge in [-0.15, -0.1) is 0 Å². The summed E-state index contributed by atoms with van der Waals surface area (Å²) in [6, 6.07) is 1.60. The molecule has 0 aliphatic rings. The minimum Gasteiger partial charge on any atom is -0.396 e. The highest BCUT2D eigenvalue weighted by atomic mass is 16.1. The topological polar surface area (TPSA) is 68.0 Å². The fraction of sp³-hybridized carbons (Fsp3) is 0.143. The number of hydrogen-bond acceptors (Lipinski definition) is 4. The van der Waals surface area contributed by atoms with Crippen molar-refractivity contribution in [2.24, 2.45) is 0 Å². The number of rotatable bonds is 2. The Balaban J connectivity index is 3.12. The van der Waals surface area contributed by atoms with Crippen molar-refractivity contribution in [2.45, 2.75) is 0 Å². The van der Waals surface area contributed by atoms with Crippen LogP contribution in [-0.2, 0) is 0 Å². The van der Waals surface area contributed by atoms with Crippen molar-refractivity contribution in [2.75, 3.05) is 18.1 Å². The van der Waals surface area contributed by atoms with Crippen LogP contribution in [0, 0.1) is 0 Å². The van der Waals surface area contributed by atoms with Crippen molar-refractivity contribution >= 4 is 17.7 Å². The Bertz CT molecular complexity index is 272. The molecule has 0 spiro atoms. The first-order valence-electron chi connectivity index (χ1n) is 3.16. The third kappa shape index (κ3) is 1.46. The molecule has 0 bridgehead atoms. The molecule has 1 aromatic heterocycles. The second kappa shape index (κ2) is 3.01. The molecule has 0 fully saturated rings. The van der Waals surface area contributed by atoms with Gasteiger partial charge in [0, 0.05) is 7.05 Å². The summed E-state index contributed by atoms with van der Waals surface area (Å²) in [5.74, 6) is 0. The molecule has 0 atom stereocenters. The fourth-order valence-corrected chi connectivity index (χ4v) is 0.763. The zero-order valence-electron chi connectivity index (χ0n) is 6.16. The highest BCUT2D eigenvalue weighted by Crippen LogP contribution is 2.15. The molecule has 0 amide bonds. The van der Waals surface area contributed by atoms with Crippen LogP contribution in [0.15, 0.2) is 12.3 Å². The number of nitrogen functional groups attached to an aromatic ring is 1. The third-order valence-electron chi connectivity index (χ3n) is 1.35. The molecule has 0 saturated carbocycles. The summed E-state index contributed by atoms with van der Waals surface area (Å²) in [6.07, 6.45) is 2.13. The molecule has 0 unspecified atom stereocenters. The molecule has 4 heteroatoms. The van der Waals surface area contributed by atoms with Crippen LogP contribution in [0.25, 0.3) is 0 Å². The van der Waals surface area contributed by atoms with E-state index in [0.29, 0.717) is 17.7 Å². The van der Waals surface area contributed by atoms with Crippen LogP contribution in [0.4, 0.5) is 11.4 Å². The summed E-state index contributed by atoms with van der Waals surface area (Å²) in [5.41, 5.74) is 7.16. The lowest BCUT2D eigenvalue weighted by molar-refractivity contribution is 0.111. The number of aldehydes is 1. The molecule has 0 aliphatic heterocycles. The van der Waals surface area contributed by atoms with Crippen LogP contribution in [0.1, 0.15) is 10.5 Å². The Morgan fingerprint density at radius 1 is 1.73 bits per heavy atom. The van der Waals surface area contributed by atoms with E-state index in [1.54, 1.807) is 13.1 Å². The van der Waals surface area contributed by atoms with Crippen LogP contribution in [0.5, 0.6) is 0 Å². The SMILES string of the molecule is CNc1cc(C=O)ncc1N. The highest BCUT2D eigenvalue weighted by Gasteiger charge is 1.97. The third-order valence-corrected chi connectivity index (χ3v) is 1.35. The summed E-state index contributed by atoms with van der Waals surface area (Å²) >= 11 is 0. The molecule has 3 N–H and O–H groups in total. The van der Waals surface area contributed by atoms with Gasteiger partial charge in [0.1, 0.15) is 5.69 Å². The van der Waals surface area contributed by atoms with Gasteiger partial charge in [0.05, 0.1) is 17.6 Å². The molecular formula is C7H9N3O. The Hall–Kier alpha value is -1.58. The maximum atomic E-state index is 10.3. The maximum Gasteiger partial charge on any atom is 0.168 e. The van der Waals surface area contributed by atoms with Gasteiger partial charge in [-0.3, -0.25) is 9.78 Å². The summed E-state index contributed by atoms with van der Waals surface area (Å²) in [6.45, 7) is 0. The summed E-state index contributed by atoms with van der Waals surface area (Å²) < 4.78 is 0. The van der Waals surface area contributed by atoms with Crippen molar-refractivity contribution in [1.82, 2.24) is 4.98 Å². The van der Waals surface area contributed by atoms with Gasteiger partial charge in [-0.1, -0.05) is 0 Å². The van der Waals surface area contributed by atoms with E-state index in [1.165, 1.54) is 6.20 Å². The molecule has 4 nitrogen and oxygen atoms in total. The molecule has 0 aliphatic carbocycles. The second-order valence-corrected chi connectivity index (χ2v) is 2.06. The molecule has 11 heavy (non-hydrogen) atoms. The van der Waals surface area contributed by atoms with E-state index in [1.807, 2.05) is 0 Å². The van der Waals surface area contributed by atoms with E-state index in [2.05, 4.69) is 10.3 Å². The van der Waals surface area contributed by atoms with E-state index < -0.39 is 0 Å². The number of aromatic nitrogens is 1. The normalized spacial score (nSPS) is 9.18. The lowest BCUT2D eigenvalue weighted by Crippen LogP contribution is -1.98. The molecule has 0 radical (unpaired) electrons. The quantitative estimate of drug-likeness (QED) is 0.604. The van der Waals surface area contributed by atoms with Crippen LogP contribution in [0.3, 0.4) is 0 Å². The van der Waals surface area contributed by atoms with Crippen molar-refractivity contribution in [3.8, 4) is 0 Å². The average molecular weight is 151 g/mol. The van der Waals surface area contributed by atoms with Crippen LogP contribution < -0.4 is 11.1 Å². The van der Waals surface area contributed by atoms with E-state index in [4.69, 9.17) is 5.73 Å². The largest absolute Gasteiger partial charge is 0.396 e. The summed E-state index contributed by atoms with van der Waals surface area (Å²) in [4.78, 5) is 14.0. The number of carbonyl (C=O) groups excluding carboxylic acids is 1. The molecule has 1 rings (SSSR count). The lowest BCUT2D eigenvalue weighted by atomic mass is 10.3. The van der Waals surface area contributed by atoms with E-state index in [-0.39, 0.29) is 0 Å². The molecule has 1 aromatic rings. The van der Waals surface area contributed by atoms with Crippen LogP contribution >= 0.6 is 0 Å². The van der Waals surface area contributed by atoms with Crippen molar-refractivity contribution < 1.29 is 4.79 Å². The van der Waals surface area contributed by atoms with Crippen LogP contribution in [0.2, 0.25) is 0 Å².